The van der Waals surface area contributed by atoms with Crippen molar-refractivity contribution in [2.75, 3.05) is 18.5 Å². The first-order valence-corrected chi connectivity index (χ1v) is 5.89. The quantitative estimate of drug-likeness (QED) is 0.819. The van der Waals surface area contributed by atoms with Crippen molar-refractivity contribution in [3.05, 3.63) is 29.3 Å². The summed E-state index contributed by atoms with van der Waals surface area (Å²) in [6, 6.07) is 7.02. The summed E-state index contributed by atoms with van der Waals surface area (Å²) in [6.07, 6.45) is 0.826. The molecule has 3 N–H and O–H groups in total. The number of nitrogens with one attached hydrogen (secondary N) is 1. The lowest BCUT2D eigenvalue weighted by Gasteiger charge is -2.10. The van der Waals surface area contributed by atoms with Crippen LogP contribution in [-0.4, -0.2) is 25.2 Å². The lowest BCUT2D eigenvalue weighted by molar-refractivity contribution is -0.120. The third-order valence-electron chi connectivity index (χ3n) is 2.24. The van der Waals surface area contributed by atoms with Crippen molar-refractivity contribution in [3.8, 4) is 0 Å². The fourth-order valence-electron chi connectivity index (χ4n) is 1.17. The molecule has 1 aromatic rings. The third-order valence-corrected chi connectivity index (χ3v) is 2.57. The maximum atomic E-state index is 11.5. The average molecular weight is 257 g/mol. The van der Waals surface area contributed by atoms with E-state index >= 15 is 0 Å². The van der Waals surface area contributed by atoms with Crippen LogP contribution in [0.3, 0.4) is 0 Å². The van der Waals surface area contributed by atoms with E-state index in [2.05, 4.69) is 5.32 Å². The highest BCUT2D eigenvalue weighted by molar-refractivity contribution is 6.33. The highest BCUT2D eigenvalue weighted by Gasteiger charge is 2.06. The summed E-state index contributed by atoms with van der Waals surface area (Å²) < 4.78 is 5.18. The number of ether oxygens (including phenoxy) is 1. The first-order valence-electron chi connectivity index (χ1n) is 5.51. The first-order chi connectivity index (χ1) is 8.13. The van der Waals surface area contributed by atoms with Crippen LogP contribution in [0, 0.1) is 0 Å². The SMILES string of the molecule is CCC(N)COCC(=O)Nc1ccccc1Cl. The number of benzene rings is 1. The minimum absolute atomic E-state index is 0.0150. The number of carbonyl (C=O) groups excluding carboxylic acids is 1. The lowest BCUT2D eigenvalue weighted by Crippen LogP contribution is -2.28. The van der Waals surface area contributed by atoms with Gasteiger partial charge in [-0.15, -0.1) is 0 Å². The molecule has 0 fully saturated rings. The summed E-state index contributed by atoms with van der Waals surface area (Å²) in [5.41, 5.74) is 6.24. The molecule has 17 heavy (non-hydrogen) atoms. The number of rotatable bonds is 6. The van der Waals surface area contributed by atoms with Crippen molar-refractivity contribution < 1.29 is 9.53 Å². The molecular formula is C12H17ClN2O2. The van der Waals surface area contributed by atoms with Gasteiger partial charge in [0.2, 0.25) is 5.91 Å². The van der Waals surface area contributed by atoms with Crippen LogP contribution in [0.2, 0.25) is 5.02 Å². The van der Waals surface area contributed by atoms with Gasteiger partial charge < -0.3 is 15.8 Å². The second-order valence-electron chi connectivity index (χ2n) is 3.71. The van der Waals surface area contributed by atoms with Gasteiger partial charge in [-0.1, -0.05) is 30.7 Å². The van der Waals surface area contributed by atoms with Crippen LogP contribution in [-0.2, 0) is 9.53 Å². The van der Waals surface area contributed by atoms with Gasteiger partial charge in [0.05, 0.1) is 17.3 Å². The summed E-state index contributed by atoms with van der Waals surface area (Å²) in [7, 11) is 0. The van der Waals surface area contributed by atoms with Crippen molar-refractivity contribution in [2.24, 2.45) is 5.73 Å². The van der Waals surface area contributed by atoms with Gasteiger partial charge in [-0.25, -0.2) is 0 Å². The van der Waals surface area contributed by atoms with E-state index in [0.717, 1.165) is 6.42 Å². The molecule has 0 spiro atoms. The Bertz CT molecular complexity index is 371. The minimum atomic E-state index is -0.235. The van der Waals surface area contributed by atoms with E-state index in [-0.39, 0.29) is 18.6 Å². The molecule has 4 nitrogen and oxygen atoms in total. The molecule has 0 saturated heterocycles. The number of para-hydroxylation sites is 1. The fraction of sp³-hybridized carbons (Fsp3) is 0.417. The lowest BCUT2D eigenvalue weighted by atomic mass is 10.3. The van der Waals surface area contributed by atoms with Crippen LogP contribution < -0.4 is 11.1 Å². The van der Waals surface area contributed by atoms with Crippen LogP contribution >= 0.6 is 11.6 Å². The second kappa shape index (κ2) is 7.27. The van der Waals surface area contributed by atoms with E-state index in [1.165, 1.54) is 0 Å². The molecule has 0 bridgehead atoms. The zero-order valence-electron chi connectivity index (χ0n) is 9.78. The molecule has 1 atom stereocenters. The highest BCUT2D eigenvalue weighted by atomic mass is 35.5. The van der Waals surface area contributed by atoms with Gasteiger partial charge in [-0.3, -0.25) is 4.79 Å². The van der Waals surface area contributed by atoms with Crippen LogP contribution in [0.4, 0.5) is 5.69 Å². The molecule has 0 aliphatic heterocycles. The molecule has 1 amide bonds. The van der Waals surface area contributed by atoms with Gasteiger partial charge in [0.15, 0.2) is 0 Å². The van der Waals surface area contributed by atoms with Gasteiger partial charge in [0.1, 0.15) is 6.61 Å². The van der Waals surface area contributed by atoms with E-state index < -0.39 is 0 Å². The van der Waals surface area contributed by atoms with E-state index in [0.29, 0.717) is 17.3 Å². The van der Waals surface area contributed by atoms with Crippen molar-refractivity contribution in [3.63, 3.8) is 0 Å². The predicted octanol–water partition coefficient (Wildman–Crippen LogP) is 2.03. The zero-order chi connectivity index (χ0) is 12.7. The van der Waals surface area contributed by atoms with Gasteiger partial charge in [-0.2, -0.15) is 0 Å². The van der Waals surface area contributed by atoms with E-state index in [9.17, 15) is 4.79 Å². The summed E-state index contributed by atoms with van der Waals surface area (Å²) >= 11 is 5.90. The standard InChI is InChI=1S/C12H17ClN2O2/c1-2-9(14)7-17-8-12(16)15-11-6-4-3-5-10(11)13/h3-6,9H,2,7-8,14H2,1H3,(H,15,16). The van der Waals surface area contributed by atoms with Gasteiger partial charge in [0, 0.05) is 6.04 Å². The van der Waals surface area contributed by atoms with E-state index in [1.807, 2.05) is 6.92 Å². The maximum absolute atomic E-state index is 11.5. The fourth-order valence-corrected chi connectivity index (χ4v) is 1.35. The zero-order valence-corrected chi connectivity index (χ0v) is 10.5. The predicted molar refractivity (Wildman–Crippen MR) is 69.2 cm³/mol. The topological polar surface area (TPSA) is 64.3 Å². The highest BCUT2D eigenvalue weighted by Crippen LogP contribution is 2.20. The van der Waals surface area contributed by atoms with E-state index in [1.54, 1.807) is 24.3 Å². The minimum Gasteiger partial charge on any atom is -0.370 e. The Morgan fingerprint density at radius 2 is 2.24 bits per heavy atom. The molecule has 0 aromatic heterocycles. The van der Waals surface area contributed by atoms with Crippen molar-refractivity contribution in [1.82, 2.24) is 0 Å². The summed E-state index contributed by atoms with van der Waals surface area (Å²) in [5.74, 6) is -0.235. The summed E-state index contributed by atoms with van der Waals surface area (Å²) in [6.45, 7) is 2.34. The van der Waals surface area contributed by atoms with E-state index in [4.69, 9.17) is 22.1 Å². The number of nitrogens with two attached hydrogens (primary N) is 1. The molecule has 1 aromatic carbocycles. The normalized spacial score (nSPS) is 12.2. The number of amides is 1. The van der Waals surface area contributed by atoms with Gasteiger partial charge in [0.25, 0.3) is 0 Å². The number of hydrogen-bond acceptors (Lipinski definition) is 3. The molecular weight excluding hydrogens is 240 g/mol. The number of halogens is 1. The number of carbonyl (C=O) groups is 1. The van der Waals surface area contributed by atoms with Gasteiger partial charge in [-0.05, 0) is 18.6 Å². The monoisotopic (exact) mass is 256 g/mol. The van der Waals surface area contributed by atoms with Crippen molar-refractivity contribution in [1.29, 1.82) is 0 Å². The molecule has 0 heterocycles. The number of hydrogen-bond donors (Lipinski definition) is 2. The Morgan fingerprint density at radius 1 is 1.53 bits per heavy atom. The van der Waals surface area contributed by atoms with Gasteiger partial charge >= 0.3 is 0 Å². The van der Waals surface area contributed by atoms with Crippen LogP contribution in [0.15, 0.2) is 24.3 Å². The molecule has 0 aliphatic rings. The largest absolute Gasteiger partial charge is 0.370 e. The second-order valence-corrected chi connectivity index (χ2v) is 4.12. The maximum Gasteiger partial charge on any atom is 0.250 e. The molecule has 1 unspecified atom stereocenters. The van der Waals surface area contributed by atoms with Crippen molar-refractivity contribution in [2.45, 2.75) is 19.4 Å². The van der Waals surface area contributed by atoms with Crippen molar-refractivity contribution >= 4 is 23.2 Å². The molecule has 1 rings (SSSR count). The molecule has 0 saturated carbocycles. The average Bonchev–Trinajstić information content (AvgIpc) is 2.32. The Labute approximate surface area is 106 Å². The molecule has 0 radical (unpaired) electrons. The summed E-state index contributed by atoms with van der Waals surface area (Å²) in [4.78, 5) is 11.5. The Hall–Kier alpha value is -1.10. The molecule has 94 valence electrons. The number of anilines is 1. The van der Waals surface area contributed by atoms with Crippen LogP contribution in [0.5, 0.6) is 0 Å². The Morgan fingerprint density at radius 3 is 2.88 bits per heavy atom. The Balaban J connectivity index is 2.33. The smallest absolute Gasteiger partial charge is 0.250 e. The Kier molecular flexibility index (Phi) is 5.97. The van der Waals surface area contributed by atoms with Crippen LogP contribution in [0.25, 0.3) is 0 Å². The third kappa shape index (κ3) is 5.17. The summed E-state index contributed by atoms with van der Waals surface area (Å²) in [5, 5.41) is 3.17. The first kappa shape index (κ1) is 14.0. The molecule has 0 aliphatic carbocycles. The van der Waals surface area contributed by atoms with Crippen LogP contribution in [0.1, 0.15) is 13.3 Å². The molecule has 5 heteroatoms.